The molecule has 1 heteroatoms. The van der Waals surface area contributed by atoms with Crippen LogP contribution in [0.4, 0.5) is 0 Å². The van der Waals surface area contributed by atoms with E-state index in [4.69, 9.17) is 0 Å². The minimum atomic E-state index is 0.325. The van der Waals surface area contributed by atoms with Crippen LogP contribution in [0.3, 0.4) is 0 Å². The summed E-state index contributed by atoms with van der Waals surface area (Å²) in [5.41, 5.74) is 1.33. The van der Waals surface area contributed by atoms with Gasteiger partial charge in [0, 0.05) is 12.3 Å². The van der Waals surface area contributed by atoms with Gasteiger partial charge in [0.1, 0.15) is 5.78 Å². The van der Waals surface area contributed by atoms with E-state index in [0.717, 1.165) is 19.3 Å². The third-order valence-electron chi connectivity index (χ3n) is 2.82. The predicted octanol–water partition coefficient (Wildman–Crippen LogP) is 3.35. The maximum atomic E-state index is 11.6. The monoisotopic (exact) mass is 180 g/mol. The summed E-state index contributed by atoms with van der Waals surface area (Å²) >= 11 is 0. The molecule has 0 aromatic rings. The van der Waals surface area contributed by atoms with Crippen molar-refractivity contribution in [2.45, 2.75) is 46.5 Å². The van der Waals surface area contributed by atoms with Crippen molar-refractivity contribution < 1.29 is 4.79 Å². The molecule has 1 rings (SSSR count). The topological polar surface area (TPSA) is 17.1 Å². The summed E-state index contributed by atoms with van der Waals surface area (Å²) < 4.78 is 0. The van der Waals surface area contributed by atoms with Crippen LogP contribution in [0.15, 0.2) is 11.6 Å². The third-order valence-corrected chi connectivity index (χ3v) is 2.82. The van der Waals surface area contributed by atoms with E-state index in [1.807, 2.05) is 0 Å². The molecule has 0 aromatic carbocycles. The van der Waals surface area contributed by atoms with Crippen LogP contribution >= 0.6 is 0 Å². The lowest BCUT2D eigenvalue weighted by Crippen LogP contribution is -2.23. The first-order valence-corrected chi connectivity index (χ1v) is 5.25. The van der Waals surface area contributed by atoms with Crippen LogP contribution in [0.1, 0.15) is 46.5 Å². The first-order chi connectivity index (χ1) is 6.09. The van der Waals surface area contributed by atoms with Gasteiger partial charge in [-0.2, -0.15) is 0 Å². The number of hydrogen-bond acceptors (Lipinski definition) is 1. The van der Waals surface area contributed by atoms with Crippen LogP contribution in [0.5, 0.6) is 0 Å². The fourth-order valence-electron chi connectivity index (χ4n) is 1.89. The molecule has 0 aromatic heterocycles. The van der Waals surface area contributed by atoms with Crippen LogP contribution in [0.2, 0.25) is 0 Å². The van der Waals surface area contributed by atoms with E-state index in [0.29, 0.717) is 17.6 Å². The van der Waals surface area contributed by atoms with E-state index in [9.17, 15) is 4.79 Å². The summed E-state index contributed by atoms with van der Waals surface area (Å²) in [4.78, 5) is 11.6. The van der Waals surface area contributed by atoms with Gasteiger partial charge in [-0.05, 0) is 39.0 Å². The van der Waals surface area contributed by atoms with Gasteiger partial charge in [-0.25, -0.2) is 0 Å². The van der Waals surface area contributed by atoms with Crippen molar-refractivity contribution in [2.24, 2.45) is 11.8 Å². The van der Waals surface area contributed by atoms with Gasteiger partial charge in [-0.3, -0.25) is 4.79 Å². The van der Waals surface area contributed by atoms with Crippen LogP contribution in [0.25, 0.3) is 0 Å². The van der Waals surface area contributed by atoms with E-state index >= 15 is 0 Å². The van der Waals surface area contributed by atoms with Crippen LogP contribution in [-0.4, -0.2) is 5.78 Å². The molecule has 1 aliphatic carbocycles. The zero-order valence-electron chi connectivity index (χ0n) is 8.97. The summed E-state index contributed by atoms with van der Waals surface area (Å²) in [6.45, 7) is 6.36. The molecule has 1 aliphatic rings. The highest BCUT2D eigenvalue weighted by Crippen LogP contribution is 2.28. The molecular weight excluding hydrogens is 160 g/mol. The number of ketones is 1. The molecule has 0 aliphatic heterocycles. The number of carbonyl (C=O) groups excluding carboxylic acids is 1. The second-order valence-electron chi connectivity index (χ2n) is 4.57. The van der Waals surface area contributed by atoms with E-state index in [1.54, 1.807) is 0 Å². The summed E-state index contributed by atoms with van der Waals surface area (Å²) in [5.74, 6) is 1.43. The lowest BCUT2D eigenvalue weighted by atomic mass is 9.80. The van der Waals surface area contributed by atoms with Crippen molar-refractivity contribution in [1.29, 1.82) is 0 Å². The highest BCUT2D eigenvalue weighted by atomic mass is 16.1. The summed E-state index contributed by atoms with van der Waals surface area (Å²) in [6.07, 6.45) is 6.30. The number of hydrogen-bond donors (Lipinski definition) is 0. The normalized spacial score (nSPS) is 28.7. The van der Waals surface area contributed by atoms with Gasteiger partial charge in [-0.1, -0.05) is 18.6 Å². The predicted molar refractivity (Wildman–Crippen MR) is 55.6 cm³/mol. The molecule has 0 unspecified atom stereocenters. The second-order valence-corrected chi connectivity index (χ2v) is 4.57. The minimum Gasteiger partial charge on any atom is -0.299 e. The molecule has 0 N–H and O–H groups in total. The lowest BCUT2D eigenvalue weighted by Gasteiger charge is -2.23. The molecule has 0 radical (unpaired) electrons. The molecule has 0 bridgehead atoms. The molecule has 0 spiro atoms. The Kier molecular flexibility index (Phi) is 3.71. The quantitative estimate of drug-likeness (QED) is 0.596. The van der Waals surface area contributed by atoms with Crippen molar-refractivity contribution in [1.82, 2.24) is 0 Å². The minimum absolute atomic E-state index is 0.325. The van der Waals surface area contributed by atoms with Crippen molar-refractivity contribution in [3.8, 4) is 0 Å². The average Bonchev–Trinajstić information content (AvgIpc) is 2.02. The Hall–Kier alpha value is -0.590. The Morgan fingerprint density at radius 2 is 2.15 bits per heavy atom. The fraction of sp³-hybridized carbons (Fsp3) is 0.750. The fourth-order valence-corrected chi connectivity index (χ4v) is 1.89. The molecule has 13 heavy (non-hydrogen) atoms. The highest BCUT2D eigenvalue weighted by Gasteiger charge is 2.24. The van der Waals surface area contributed by atoms with E-state index in [2.05, 4.69) is 26.8 Å². The van der Waals surface area contributed by atoms with Gasteiger partial charge in [-0.15, -0.1) is 0 Å². The first kappa shape index (κ1) is 10.5. The lowest BCUT2D eigenvalue weighted by molar-refractivity contribution is -0.125. The molecule has 0 heterocycles. The van der Waals surface area contributed by atoms with Gasteiger partial charge in [0.15, 0.2) is 0 Å². The van der Waals surface area contributed by atoms with Crippen LogP contribution in [-0.2, 0) is 4.79 Å². The van der Waals surface area contributed by atoms with E-state index in [1.165, 1.54) is 12.0 Å². The molecule has 0 amide bonds. The van der Waals surface area contributed by atoms with Crippen molar-refractivity contribution in [3.63, 3.8) is 0 Å². The molecule has 1 nitrogen and oxygen atoms in total. The van der Waals surface area contributed by atoms with Crippen molar-refractivity contribution in [3.05, 3.63) is 11.6 Å². The Balaban J connectivity index is 2.43. The molecule has 0 saturated heterocycles. The van der Waals surface area contributed by atoms with Crippen LogP contribution in [0, 0.1) is 11.8 Å². The molecule has 1 saturated carbocycles. The van der Waals surface area contributed by atoms with Gasteiger partial charge in [0.25, 0.3) is 0 Å². The summed E-state index contributed by atoms with van der Waals surface area (Å²) in [7, 11) is 0. The Morgan fingerprint density at radius 1 is 1.46 bits per heavy atom. The van der Waals surface area contributed by atoms with Gasteiger partial charge >= 0.3 is 0 Å². The standard InChI is InChI=1S/C12H20O/c1-9(2)4-6-11-7-5-10(3)8-12(11)13/h4,10-11H,5-8H2,1-3H3/t10-,11+/m1/s1. The highest BCUT2D eigenvalue weighted by molar-refractivity contribution is 5.82. The zero-order chi connectivity index (χ0) is 9.84. The van der Waals surface area contributed by atoms with Gasteiger partial charge in [0.05, 0.1) is 0 Å². The van der Waals surface area contributed by atoms with Crippen LogP contribution < -0.4 is 0 Å². The second kappa shape index (κ2) is 4.59. The maximum Gasteiger partial charge on any atom is 0.136 e. The van der Waals surface area contributed by atoms with Gasteiger partial charge < -0.3 is 0 Å². The SMILES string of the molecule is CC(C)=CC[C@H]1CC[C@@H](C)CC1=O. The first-order valence-electron chi connectivity index (χ1n) is 5.25. The number of rotatable bonds is 2. The average molecular weight is 180 g/mol. The molecule has 2 atom stereocenters. The zero-order valence-corrected chi connectivity index (χ0v) is 8.97. The Morgan fingerprint density at radius 3 is 2.69 bits per heavy atom. The molecule has 74 valence electrons. The molecule has 1 fully saturated rings. The maximum absolute atomic E-state index is 11.6. The number of carbonyl (C=O) groups is 1. The number of allylic oxidation sites excluding steroid dienone is 2. The van der Waals surface area contributed by atoms with E-state index < -0.39 is 0 Å². The summed E-state index contributed by atoms with van der Waals surface area (Å²) in [5, 5.41) is 0. The smallest absolute Gasteiger partial charge is 0.136 e. The Bertz CT molecular complexity index is 211. The Labute approximate surface area is 81.2 Å². The van der Waals surface area contributed by atoms with Crippen molar-refractivity contribution in [2.75, 3.05) is 0 Å². The van der Waals surface area contributed by atoms with Gasteiger partial charge in [0.2, 0.25) is 0 Å². The van der Waals surface area contributed by atoms with Crippen molar-refractivity contribution >= 4 is 5.78 Å². The largest absolute Gasteiger partial charge is 0.299 e. The molecular formula is C12H20O. The third kappa shape index (κ3) is 3.33. The number of Topliss-reactive ketones (excluding diaryl/α,β-unsaturated/α-hetero) is 1. The van der Waals surface area contributed by atoms with E-state index in [-0.39, 0.29) is 0 Å². The summed E-state index contributed by atoms with van der Waals surface area (Å²) in [6, 6.07) is 0.